The number of aliphatic hydroxyl groups is 2. The van der Waals surface area contributed by atoms with Crippen LogP contribution in [0.2, 0.25) is 0 Å². The SMILES string of the molecule is O=C1OC(C(O)O)C(OCc2ccccc2)=C1OCc1ccccc1. The van der Waals surface area contributed by atoms with Gasteiger partial charge in [-0.05, 0) is 11.1 Å². The highest BCUT2D eigenvalue weighted by atomic mass is 16.6. The van der Waals surface area contributed by atoms with E-state index in [0.717, 1.165) is 11.1 Å². The lowest BCUT2D eigenvalue weighted by molar-refractivity contribution is -0.165. The van der Waals surface area contributed by atoms with Crippen molar-refractivity contribution in [1.82, 2.24) is 0 Å². The molecule has 0 aromatic heterocycles. The molecule has 0 aliphatic carbocycles. The van der Waals surface area contributed by atoms with E-state index in [1.54, 1.807) is 0 Å². The Balaban J connectivity index is 1.77. The van der Waals surface area contributed by atoms with Gasteiger partial charge in [0.2, 0.25) is 11.9 Å². The molecule has 1 heterocycles. The van der Waals surface area contributed by atoms with Gasteiger partial charge >= 0.3 is 5.97 Å². The Labute approximate surface area is 144 Å². The molecule has 25 heavy (non-hydrogen) atoms. The van der Waals surface area contributed by atoms with Crippen molar-refractivity contribution in [3.63, 3.8) is 0 Å². The third-order valence-electron chi connectivity index (χ3n) is 3.64. The Kier molecular flexibility index (Phi) is 5.33. The quantitative estimate of drug-likeness (QED) is 0.590. The summed E-state index contributed by atoms with van der Waals surface area (Å²) in [7, 11) is 0. The molecule has 0 spiro atoms. The van der Waals surface area contributed by atoms with Gasteiger partial charge in [0.25, 0.3) is 0 Å². The van der Waals surface area contributed by atoms with Crippen LogP contribution in [0.1, 0.15) is 11.1 Å². The van der Waals surface area contributed by atoms with E-state index in [1.807, 2.05) is 60.7 Å². The first-order chi connectivity index (χ1) is 12.1. The van der Waals surface area contributed by atoms with Crippen LogP contribution in [-0.2, 0) is 32.2 Å². The lowest BCUT2D eigenvalue weighted by Gasteiger charge is -2.16. The molecular formula is C19H18O6. The summed E-state index contributed by atoms with van der Waals surface area (Å²) in [5, 5.41) is 18.9. The number of hydrogen-bond acceptors (Lipinski definition) is 6. The molecule has 2 N–H and O–H groups in total. The second kappa shape index (κ2) is 7.83. The van der Waals surface area contributed by atoms with Crippen LogP contribution in [-0.4, -0.2) is 28.6 Å². The van der Waals surface area contributed by atoms with E-state index in [1.165, 1.54) is 0 Å². The van der Waals surface area contributed by atoms with Gasteiger partial charge in [-0.3, -0.25) is 0 Å². The number of hydrogen-bond donors (Lipinski definition) is 2. The first-order valence-electron chi connectivity index (χ1n) is 7.80. The van der Waals surface area contributed by atoms with Crippen molar-refractivity contribution in [3.8, 4) is 0 Å². The predicted octanol–water partition coefficient (Wildman–Crippen LogP) is 1.87. The van der Waals surface area contributed by atoms with Gasteiger partial charge in [0.1, 0.15) is 13.2 Å². The number of ether oxygens (including phenoxy) is 3. The van der Waals surface area contributed by atoms with E-state index in [4.69, 9.17) is 14.2 Å². The topological polar surface area (TPSA) is 85.2 Å². The Hall–Kier alpha value is -2.83. The summed E-state index contributed by atoms with van der Waals surface area (Å²) in [6.45, 7) is 0.284. The highest BCUT2D eigenvalue weighted by Gasteiger charge is 2.41. The molecule has 3 rings (SSSR count). The summed E-state index contributed by atoms with van der Waals surface area (Å²) in [5.74, 6) is -0.935. The van der Waals surface area contributed by atoms with Gasteiger partial charge in [0.05, 0.1) is 0 Å². The van der Waals surface area contributed by atoms with Crippen molar-refractivity contribution < 1.29 is 29.2 Å². The number of cyclic esters (lactones) is 1. The molecule has 130 valence electrons. The molecule has 2 aromatic carbocycles. The molecule has 0 saturated carbocycles. The third kappa shape index (κ3) is 4.17. The lowest BCUT2D eigenvalue weighted by Crippen LogP contribution is -2.29. The van der Waals surface area contributed by atoms with Gasteiger partial charge in [-0.25, -0.2) is 4.79 Å². The molecule has 0 amide bonds. The van der Waals surface area contributed by atoms with Crippen molar-refractivity contribution in [2.45, 2.75) is 25.6 Å². The van der Waals surface area contributed by atoms with Gasteiger partial charge in [-0.15, -0.1) is 0 Å². The zero-order chi connectivity index (χ0) is 17.6. The summed E-state index contributed by atoms with van der Waals surface area (Å²) < 4.78 is 16.1. The minimum Gasteiger partial charge on any atom is -0.485 e. The molecule has 0 fully saturated rings. The molecule has 1 unspecified atom stereocenters. The van der Waals surface area contributed by atoms with E-state index in [-0.39, 0.29) is 24.7 Å². The van der Waals surface area contributed by atoms with Gasteiger partial charge in [0.15, 0.2) is 12.0 Å². The molecular weight excluding hydrogens is 324 g/mol. The molecule has 1 aliphatic heterocycles. The second-order valence-electron chi connectivity index (χ2n) is 5.48. The molecule has 0 radical (unpaired) electrons. The summed E-state index contributed by atoms with van der Waals surface area (Å²) in [5.41, 5.74) is 1.72. The minimum absolute atomic E-state index is 0.0141. The number of benzene rings is 2. The van der Waals surface area contributed by atoms with Crippen LogP contribution in [0.3, 0.4) is 0 Å². The van der Waals surface area contributed by atoms with Gasteiger partial charge in [-0.2, -0.15) is 0 Å². The normalized spacial score (nSPS) is 16.9. The highest BCUT2D eigenvalue weighted by molar-refractivity contribution is 5.89. The van der Waals surface area contributed by atoms with Crippen molar-refractivity contribution >= 4 is 5.97 Å². The molecule has 1 aliphatic rings. The fraction of sp³-hybridized carbons (Fsp3) is 0.211. The smallest absolute Gasteiger partial charge is 0.378 e. The minimum atomic E-state index is -1.90. The maximum Gasteiger partial charge on any atom is 0.378 e. The lowest BCUT2D eigenvalue weighted by atomic mass is 10.2. The average Bonchev–Trinajstić information content (AvgIpc) is 2.96. The van der Waals surface area contributed by atoms with E-state index >= 15 is 0 Å². The van der Waals surface area contributed by atoms with Crippen LogP contribution < -0.4 is 0 Å². The molecule has 2 aromatic rings. The molecule has 6 nitrogen and oxygen atoms in total. The van der Waals surface area contributed by atoms with Crippen molar-refractivity contribution in [3.05, 3.63) is 83.3 Å². The van der Waals surface area contributed by atoms with Crippen LogP contribution in [0.4, 0.5) is 0 Å². The van der Waals surface area contributed by atoms with Gasteiger partial charge < -0.3 is 24.4 Å². The second-order valence-corrected chi connectivity index (χ2v) is 5.48. The standard InChI is InChI=1S/C19H18O6/c20-18(21)16-15(23-11-13-7-3-1-4-8-13)17(19(22)25-16)24-12-14-9-5-2-6-10-14/h1-10,16,18,20-21H,11-12H2. The average molecular weight is 342 g/mol. The highest BCUT2D eigenvalue weighted by Crippen LogP contribution is 2.28. The van der Waals surface area contributed by atoms with Crippen LogP contribution in [0.5, 0.6) is 0 Å². The zero-order valence-electron chi connectivity index (χ0n) is 13.4. The van der Waals surface area contributed by atoms with Gasteiger partial charge in [-0.1, -0.05) is 60.7 Å². The van der Waals surface area contributed by atoms with Crippen LogP contribution in [0, 0.1) is 0 Å². The van der Waals surface area contributed by atoms with Crippen molar-refractivity contribution in [1.29, 1.82) is 0 Å². The Morgan fingerprint density at radius 1 is 0.880 bits per heavy atom. The summed E-state index contributed by atoms with van der Waals surface area (Å²) in [6, 6.07) is 18.6. The maximum atomic E-state index is 12.0. The Morgan fingerprint density at radius 3 is 1.92 bits per heavy atom. The number of carbonyl (C=O) groups excluding carboxylic acids is 1. The Bertz CT molecular complexity index is 739. The molecule has 0 saturated heterocycles. The molecule has 0 bridgehead atoms. The van der Waals surface area contributed by atoms with E-state index in [2.05, 4.69) is 0 Å². The zero-order valence-corrected chi connectivity index (χ0v) is 13.4. The Morgan fingerprint density at radius 2 is 1.40 bits per heavy atom. The van der Waals surface area contributed by atoms with E-state index in [0.29, 0.717) is 0 Å². The van der Waals surface area contributed by atoms with E-state index in [9.17, 15) is 15.0 Å². The fourth-order valence-corrected chi connectivity index (χ4v) is 2.39. The monoisotopic (exact) mass is 342 g/mol. The largest absolute Gasteiger partial charge is 0.485 e. The first-order valence-corrected chi connectivity index (χ1v) is 7.80. The van der Waals surface area contributed by atoms with E-state index < -0.39 is 18.4 Å². The number of aliphatic hydroxyl groups excluding tert-OH is 1. The summed E-state index contributed by atoms with van der Waals surface area (Å²) >= 11 is 0. The van der Waals surface area contributed by atoms with Crippen molar-refractivity contribution in [2.24, 2.45) is 0 Å². The van der Waals surface area contributed by atoms with Crippen LogP contribution >= 0.6 is 0 Å². The molecule has 1 atom stereocenters. The first kappa shape index (κ1) is 17.0. The third-order valence-corrected chi connectivity index (χ3v) is 3.64. The van der Waals surface area contributed by atoms with Gasteiger partial charge in [0, 0.05) is 0 Å². The fourth-order valence-electron chi connectivity index (χ4n) is 2.39. The molecule has 6 heteroatoms. The van der Waals surface area contributed by atoms with Crippen LogP contribution in [0.15, 0.2) is 72.2 Å². The van der Waals surface area contributed by atoms with Crippen LogP contribution in [0.25, 0.3) is 0 Å². The number of esters is 1. The maximum absolute atomic E-state index is 12.0. The number of carbonyl (C=O) groups is 1. The summed E-state index contributed by atoms with van der Waals surface area (Å²) in [4.78, 5) is 12.0. The summed E-state index contributed by atoms with van der Waals surface area (Å²) in [6.07, 6.45) is -3.20. The van der Waals surface area contributed by atoms with Crippen molar-refractivity contribution in [2.75, 3.05) is 0 Å². The number of rotatable bonds is 7. The predicted molar refractivity (Wildman–Crippen MR) is 87.6 cm³/mol.